The molecular weight excluding hydrogens is 412 g/mol. The number of benzene rings is 3. The standard InChI is InChI=1S/C25H23FNO3P/c1-16(2)30-24(28)12-9-17-5-3-7-20(13-17)27-25(29)22-15-19(10-11-23(22)26)18-6-4-8-21(31)14-18/h3-16H,31H2,1-2H3,(H,27,29)/b12-9+. The number of carbonyl (C=O) groups excluding carboxylic acids is 2. The zero-order chi connectivity index (χ0) is 22.4. The number of nitrogens with one attached hydrogen (secondary N) is 1. The molecule has 0 saturated heterocycles. The monoisotopic (exact) mass is 435 g/mol. The third-order valence-corrected chi connectivity index (χ3v) is 4.70. The first-order chi connectivity index (χ1) is 14.8. The van der Waals surface area contributed by atoms with Crippen molar-refractivity contribution in [2.24, 2.45) is 0 Å². The summed E-state index contributed by atoms with van der Waals surface area (Å²) in [5.41, 5.74) is 2.78. The summed E-state index contributed by atoms with van der Waals surface area (Å²) in [6, 6.07) is 19.1. The first-order valence-electron chi connectivity index (χ1n) is 9.77. The molecule has 4 nitrogen and oxygen atoms in total. The molecule has 0 fully saturated rings. The Labute approximate surface area is 183 Å². The van der Waals surface area contributed by atoms with Gasteiger partial charge in [0.2, 0.25) is 0 Å². The topological polar surface area (TPSA) is 55.4 Å². The Hall–Kier alpha value is -3.30. The van der Waals surface area contributed by atoms with Crippen LogP contribution in [0, 0.1) is 5.82 Å². The van der Waals surface area contributed by atoms with Gasteiger partial charge in [-0.25, -0.2) is 9.18 Å². The van der Waals surface area contributed by atoms with Crippen LogP contribution in [0.2, 0.25) is 0 Å². The first kappa shape index (κ1) is 22.4. The Balaban J connectivity index is 1.78. The Kier molecular flexibility index (Phi) is 7.32. The lowest BCUT2D eigenvalue weighted by molar-refractivity contribution is -0.141. The number of carbonyl (C=O) groups is 2. The molecule has 3 rings (SSSR count). The fraction of sp³-hybridized carbons (Fsp3) is 0.120. The lowest BCUT2D eigenvalue weighted by Crippen LogP contribution is -2.14. The van der Waals surface area contributed by atoms with Gasteiger partial charge in [0.1, 0.15) is 5.82 Å². The summed E-state index contributed by atoms with van der Waals surface area (Å²) < 4.78 is 19.4. The highest BCUT2D eigenvalue weighted by Crippen LogP contribution is 2.23. The zero-order valence-electron chi connectivity index (χ0n) is 17.3. The molecule has 0 bridgehead atoms. The summed E-state index contributed by atoms with van der Waals surface area (Å²) >= 11 is 0. The molecule has 1 amide bonds. The van der Waals surface area contributed by atoms with E-state index in [0.29, 0.717) is 11.3 Å². The molecule has 31 heavy (non-hydrogen) atoms. The van der Waals surface area contributed by atoms with Crippen LogP contribution in [0.25, 0.3) is 17.2 Å². The van der Waals surface area contributed by atoms with Crippen LogP contribution < -0.4 is 10.6 Å². The first-order valence-corrected chi connectivity index (χ1v) is 10.3. The van der Waals surface area contributed by atoms with E-state index in [-0.39, 0.29) is 11.7 Å². The predicted molar refractivity (Wildman–Crippen MR) is 126 cm³/mol. The van der Waals surface area contributed by atoms with E-state index in [0.717, 1.165) is 16.4 Å². The van der Waals surface area contributed by atoms with Crippen molar-refractivity contribution in [1.29, 1.82) is 0 Å². The maximum atomic E-state index is 14.4. The van der Waals surface area contributed by atoms with Crippen LogP contribution in [-0.4, -0.2) is 18.0 Å². The van der Waals surface area contributed by atoms with Crippen molar-refractivity contribution in [3.05, 3.63) is 89.8 Å². The smallest absolute Gasteiger partial charge is 0.331 e. The van der Waals surface area contributed by atoms with Crippen molar-refractivity contribution in [1.82, 2.24) is 0 Å². The van der Waals surface area contributed by atoms with Crippen molar-refractivity contribution in [3.63, 3.8) is 0 Å². The summed E-state index contributed by atoms with van der Waals surface area (Å²) in [6.07, 6.45) is 2.72. The van der Waals surface area contributed by atoms with Gasteiger partial charge in [-0.05, 0) is 72.3 Å². The lowest BCUT2D eigenvalue weighted by Gasteiger charge is -2.10. The second kappa shape index (κ2) is 10.1. The van der Waals surface area contributed by atoms with Gasteiger partial charge in [-0.1, -0.05) is 36.4 Å². The maximum absolute atomic E-state index is 14.4. The Morgan fingerprint density at radius 1 is 1.00 bits per heavy atom. The fourth-order valence-electron chi connectivity index (χ4n) is 2.95. The van der Waals surface area contributed by atoms with Gasteiger partial charge in [-0.2, -0.15) is 0 Å². The maximum Gasteiger partial charge on any atom is 0.331 e. The van der Waals surface area contributed by atoms with Crippen LogP contribution in [0.4, 0.5) is 10.1 Å². The summed E-state index contributed by atoms with van der Waals surface area (Å²) in [5.74, 6) is -1.60. The molecule has 0 aliphatic rings. The molecule has 0 aliphatic carbocycles. The van der Waals surface area contributed by atoms with E-state index in [1.54, 1.807) is 50.3 Å². The Morgan fingerprint density at radius 2 is 1.74 bits per heavy atom. The number of amides is 1. The highest BCUT2D eigenvalue weighted by molar-refractivity contribution is 7.27. The van der Waals surface area contributed by atoms with Gasteiger partial charge in [0.15, 0.2) is 0 Å². The molecule has 3 aromatic rings. The fourth-order valence-corrected chi connectivity index (χ4v) is 3.24. The van der Waals surface area contributed by atoms with Crippen molar-refractivity contribution in [3.8, 4) is 11.1 Å². The van der Waals surface area contributed by atoms with Crippen molar-refractivity contribution in [2.75, 3.05) is 5.32 Å². The molecule has 0 radical (unpaired) electrons. The number of rotatable bonds is 6. The molecule has 1 N–H and O–H groups in total. The molecule has 0 aliphatic heterocycles. The number of hydrogen-bond acceptors (Lipinski definition) is 3. The van der Waals surface area contributed by atoms with Crippen LogP contribution in [-0.2, 0) is 9.53 Å². The molecule has 1 unspecified atom stereocenters. The molecule has 158 valence electrons. The number of esters is 1. The second-order valence-corrected chi connectivity index (χ2v) is 7.89. The van der Waals surface area contributed by atoms with E-state index in [1.165, 1.54) is 18.2 Å². The molecule has 0 saturated carbocycles. The Bertz CT molecular complexity index is 1140. The van der Waals surface area contributed by atoms with Crippen LogP contribution in [0.3, 0.4) is 0 Å². The minimum absolute atomic E-state index is 0.0480. The summed E-state index contributed by atoms with van der Waals surface area (Å²) in [6.45, 7) is 3.54. The quantitative estimate of drug-likeness (QED) is 0.329. The number of anilines is 1. The lowest BCUT2D eigenvalue weighted by atomic mass is 10.0. The van der Waals surface area contributed by atoms with Crippen molar-refractivity contribution >= 4 is 38.2 Å². The molecule has 1 atom stereocenters. The van der Waals surface area contributed by atoms with Crippen LogP contribution in [0.5, 0.6) is 0 Å². The summed E-state index contributed by atoms with van der Waals surface area (Å²) in [5, 5.41) is 3.71. The predicted octanol–water partition coefficient (Wildman–Crippen LogP) is 5.21. The average molecular weight is 435 g/mol. The largest absolute Gasteiger partial charge is 0.460 e. The highest BCUT2D eigenvalue weighted by atomic mass is 31.0. The molecule has 0 heterocycles. The van der Waals surface area contributed by atoms with Gasteiger partial charge < -0.3 is 10.1 Å². The minimum atomic E-state index is -0.601. The summed E-state index contributed by atoms with van der Waals surface area (Å²) in [7, 11) is 2.62. The van der Waals surface area contributed by atoms with Crippen LogP contribution in [0.15, 0.2) is 72.8 Å². The number of halogens is 1. The Morgan fingerprint density at radius 3 is 2.48 bits per heavy atom. The minimum Gasteiger partial charge on any atom is -0.460 e. The van der Waals surface area contributed by atoms with E-state index in [2.05, 4.69) is 14.6 Å². The third kappa shape index (κ3) is 6.34. The van der Waals surface area contributed by atoms with Gasteiger partial charge in [-0.15, -0.1) is 9.24 Å². The SMILES string of the molecule is CC(C)OC(=O)/C=C/c1cccc(NC(=O)c2cc(-c3cccc(P)c3)ccc2F)c1. The van der Waals surface area contributed by atoms with E-state index < -0.39 is 17.7 Å². The highest BCUT2D eigenvalue weighted by Gasteiger charge is 2.14. The van der Waals surface area contributed by atoms with E-state index in [4.69, 9.17) is 4.74 Å². The molecule has 3 aromatic carbocycles. The second-order valence-electron chi connectivity index (χ2n) is 7.22. The van der Waals surface area contributed by atoms with Gasteiger partial charge >= 0.3 is 5.97 Å². The van der Waals surface area contributed by atoms with Gasteiger partial charge in [0.25, 0.3) is 5.91 Å². The van der Waals surface area contributed by atoms with Gasteiger partial charge in [0, 0.05) is 11.8 Å². The van der Waals surface area contributed by atoms with Crippen molar-refractivity contribution < 1.29 is 18.7 Å². The summed E-state index contributed by atoms with van der Waals surface area (Å²) in [4.78, 5) is 24.4. The van der Waals surface area contributed by atoms with Crippen LogP contribution in [0.1, 0.15) is 29.8 Å². The van der Waals surface area contributed by atoms with Gasteiger partial charge in [0.05, 0.1) is 11.7 Å². The molecule has 6 heteroatoms. The third-order valence-electron chi connectivity index (χ3n) is 4.34. The zero-order valence-corrected chi connectivity index (χ0v) is 18.4. The normalized spacial score (nSPS) is 11.0. The number of ether oxygens (including phenoxy) is 1. The van der Waals surface area contributed by atoms with E-state index in [1.807, 2.05) is 24.3 Å². The van der Waals surface area contributed by atoms with Gasteiger partial charge in [-0.3, -0.25) is 4.79 Å². The van der Waals surface area contributed by atoms with Crippen molar-refractivity contribution in [2.45, 2.75) is 20.0 Å². The van der Waals surface area contributed by atoms with Crippen LogP contribution >= 0.6 is 9.24 Å². The molecular formula is C25H23FNO3P. The van der Waals surface area contributed by atoms with E-state index >= 15 is 0 Å². The van der Waals surface area contributed by atoms with E-state index in [9.17, 15) is 14.0 Å². The molecule has 0 aromatic heterocycles. The average Bonchev–Trinajstić information content (AvgIpc) is 2.72. The number of hydrogen-bond donors (Lipinski definition) is 1. The molecule has 0 spiro atoms.